The summed E-state index contributed by atoms with van der Waals surface area (Å²) in [6.45, 7) is 7.95. The van der Waals surface area contributed by atoms with Crippen molar-refractivity contribution >= 4 is 23.2 Å². The Morgan fingerprint density at radius 1 is 1.27 bits per heavy atom. The second-order valence-electron chi connectivity index (χ2n) is 6.06. The minimum Gasteiger partial charge on any atom is -0.281 e. The van der Waals surface area contributed by atoms with E-state index in [0.29, 0.717) is 16.4 Å². The van der Waals surface area contributed by atoms with E-state index < -0.39 is 0 Å². The fourth-order valence-corrected chi connectivity index (χ4v) is 1.90. The number of carbonyl (C=O) groups excluding carboxylic acids is 1. The highest BCUT2D eigenvalue weighted by atomic mass is 35.5. The van der Waals surface area contributed by atoms with Crippen LogP contribution in [0.4, 0.5) is 0 Å². The zero-order valence-corrected chi connectivity index (χ0v) is 13.8. The molecule has 0 radical (unpaired) electrons. The molecule has 2 rings (SSSR count). The lowest BCUT2D eigenvalue weighted by Gasteiger charge is -2.14. The van der Waals surface area contributed by atoms with Crippen molar-refractivity contribution in [2.75, 3.05) is 0 Å². The Balaban J connectivity index is 2.07. The molecule has 0 fully saturated rings. The molecule has 1 amide bonds. The lowest BCUT2D eigenvalue weighted by Crippen LogP contribution is -2.19. The molecular weight excluding hydrogens is 300 g/mol. The monoisotopic (exact) mass is 318 g/mol. The number of nitrogens with zero attached hydrogens (tertiary/aromatic N) is 2. The Morgan fingerprint density at radius 3 is 2.45 bits per heavy atom. The van der Waals surface area contributed by atoms with Crippen LogP contribution < -0.4 is 5.43 Å². The fraction of sp³-hybridized carbons (Fsp3) is 0.312. The Kier molecular flexibility index (Phi) is 4.66. The second-order valence-corrected chi connectivity index (χ2v) is 6.50. The standard InChI is InChI=1S/C16H19ClN4O/c1-10(11-5-7-12(17)8-6-11)18-21-15(22)13-9-14(20-19-13)16(2,3)4/h5-9H,1-4H3,(H,19,20)(H,21,22). The fourth-order valence-electron chi connectivity index (χ4n) is 1.77. The minimum absolute atomic E-state index is 0.0893. The molecule has 5 nitrogen and oxygen atoms in total. The average Bonchev–Trinajstić information content (AvgIpc) is 2.95. The van der Waals surface area contributed by atoms with Gasteiger partial charge in [-0.15, -0.1) is 0 Å². The molecule has 0 atom stereocenters. The van der Waals surface area contributed by atoms with Crippen LogP contribution in [-0.2, 0) is 5.41 Å². The van der Waals surface area contributed by atoms with Crippen molar-refractivity contribution in [3.05, 3.63) is 52.3 Å². The van der Waals surface area contributed by atoms with E-state index in [0.717, 1.165) is 11.3 Å². The largest absolute Gasteiger partial charge is 0.291 e. The number of rotatable bonds is 3. The van der Waals surface area contributed by atoms with Gasteiger partial charge in [-0.05, 0) is 30.7 Å². The normalized spacial score (nSPS) is 12.3. The minimum atomic E-state index is -0.347. The molecule has 0 aliphatic carbocycles. The first-order valence-corrected chi connectivity index (χ1v) is 7.31. The maximum atomic E-state index is 12.1. The molecule has 2 N–H and O–H groups in total. The zero-order valence-electron chi connectivity index (χ0n) is 13.1. The summed E-state index contributed by atoms with van der Waals surface area (Å²) < 4.78 is 0. The van der Waals surface area contributed by atoms with E-state index in [1.54, 1.807) is 18.2 Å². The Morgan fingerprint density at radius 2 is 1.91 bits per heavy atom. The molecule has 22 heavy (non-hydrogen) atoms. The van der Waals surface area contributed by atoms with E-state index in [1.807, 2.05) is 39.8 Å². The molecule has 0 bridgehead atoms. The van der Waals surface area contributed by atoms with Gasteiger partial charge in [-0.1, -0.05) is 44.5 Å². The number of carbonyl (C=O) groups is 1. The van der Waals surface area contributed by atoms with Crippen LogP contribution in [0.2, 0.25) is 5.02 Å². The van der Waals surface area contributed by atoms with E-state index in [9.17, 15) is 4.79 Å². The van der Waals surface area contributed by atoms with Crippen molar-refractivity contribution in [3.8, 4) is 0 Å². The highest BCUT2D eigenvalue weighted by molar-refractivity contribution is 6.30. The predicted octanol–water partition coefficient (Wildman–Crippen LogP) is 3.51. The van der Waals surface area contributed by atoms with Gasteiger partial charge in [0.15, 0.2) is 5.69 Å². The summed E-state index contributed by atoms with van der Waals surface area (Å²) in [6.07, 6.45) is 0. The number of aromatic nitrogens is 2. The van der Waals surface area contributed by atoms with Crippen molar-refractivity contribution < 1.29 is 4.79 Å². The number of amides is 1. The van der Waals surface area contributed by atoms with E-state index in [1.165, 1.54) is 0 Å². The number of aromatic amines is 1. The lowest BCUT2D eigenvalue weighted by molar-refractivity contribution is 0.0950. The van der Waals surface area contributed by atoms with Crippen LogP contribution >= 0.6 is 11.6 Å². The summed E-state index contributed by atoms with van der Waals surface area (Å²) in [4.78, 5) is 12.1. The summed E-state index contributed by atoms with van der Waals surface area (Å²) in [5.41, 5.74) is 5.22. The molecule has 0 aliphatic heterocycles. The molecule has 1 aromatic carbocycles. The molecule has 0 aliphatic rings. The van der Waals surface area contributed by atoms with E-state index in [-0.39, 0.29) is 11.3 Å². The third-order valence-corrected chi connectivity index (χ3v) is 3.46. The van der Waals surface area contributed by atoms with Gasteiger partial charge in [0.1, 0.15) is 0 Å². The third-order valence-electron chi connectivity index (χ3n) is 3.21. The van der Waals surface area contributed by atoms with Gasteiger partial charge in [-0.25, -0.2) is 5.43 Å². The van der Waals surface area contributed by atoms with E-state index in [4.69, 9.17) is 11.6 Å². The molecule has 0 spiro atoms. The average molecular weight is 319 g/mol. The van der Waals surface area contributed by atoms with Crippen LogP contribution in [0.3, 0.4) is 0 Å². The van der Waals surface area contributed by atoms with Gasteiger partial charge in [-0.2, -0.15) is 10.2 Å². The van der Waals surface area contributed by atoms with E-state index in [2.05, 4.69) is 20.7 Å². The van der Waals surface area contributed by atoms with Crippen LogP contribution in [0.15, 0.2) is 35.4 Å². The van der Waals surface area contributed by atoms with Gasteiger partial charge in [-0.3, -0.25) is 9.89 Å². The highest BCUT2D eigenvalue weighted by Gasteiger charge is 2.19. The Hall–Kier alpha value is -2.14. The van der Waals surface area contributed by atoms with Crippen LogP contribution in [-0.4, -0.2) is 21.8 Å². The summed E-state index contributed by atoms with van der Waals surface area (Å²) in [6, 6.07) is 8.99. The molecule has 0 saturated carbocycles. The first-order valence-electron chi connectivity index (χ1n) is 6.94. The summed E-state index contributed by atoms with van der Waals surface area (Å²) in [5.74, 6) is -0.347. The van der Waals surface area contributed by atoms with Crippen molar-refractivity contribution in [3.63, 3.8) is 0 Å². The van der Waals surface area contributed by atoms with E-state index >= 15 is 0 Å². The summed E-state index contributed by atoms with van der Waals surface area (Å²) >= 11 is 5.84. The molecule has 1 heterocycles. The quantitative estimate of drug-likeness (QED) is 0.671. The molecule has 0 unspecified atom stereocenters. The van der Waals surface area contributed by atoms with Gasteiger partial charge in [0.2, 0.25) is 0 Å². The van der Waals surface area contributed by atoms with Crippen LogP contribution in [0.1, 0.15) is 49.4 Å². The lowest BCUT2D eigenvalue weighted by atomic mass is 9.92. The number of hydrazone groups is 1. The maximum Gasteiger partial charge on any atom is 0.291 e. The van der Waals surface area contributed by atoms with Gasteiger partial charge in [0.25, 0.3) is 5.91 Å². The predicted molar refractivity (Wildman–Crippen MR) is 88.4 cm³/mol. The van der Waals surface area contributed by atoms with Crippen molar-refractivity contribution in [1.29, 1.82) is 0 Å². The summed E-state index contributed by atoms with van der Waals surface area (Å²) in [5, 5.41) is 11.7. The SMILES string of the molecule is CC(=NNC(=O)c1cc(C(C)(C)C)[nH]n1)c1ccc(Cl)cc1. The first kappa shape index (κ1) is 16.2. The Labute approximate surface area is 134 Å². The van der Waals surface area contributed by atoms with Crippen LogP contribution in [0.5, 0.6) is 0 Å². The third kappa shape index (κ3) is 3.95. The number of halogens is 1. The highest BCUT2D eigenvalue weighted by Crippen LogP contribution is 2.20. The van der Waals surface area contributed by atoms with Crippen LogP contribution in [0, 0.1) is 0 Å². The second kappa shape index (κ2) is 6.32. The molecule has 116 valence electrons. The van der Waals surface area contributed by atoms with Gasteiger partial charge >= 0.3 is 0 Å². The van der Waals surface area contributed by atoms with Crippen molar-refractivity contribution in [2.24, 2.45) is 5.10 Å². The van der Waals surface area contributed by atoms with Crippen molar-refractivity contribution in [1.82, 2.24) is 15.6 Å². The number of H-pyrrole nitrogens is 1. The molecule has 6 heteroatoms. The van der Waals surface area contributed by atoms with Crippen LogP contribution in [0.25, 0.3) is 0 Å². The molecule has 2 aromatic rings. The number of hydrogen-bond acceptors (Lipinski definition) is 3. The molecule has 0 saturated heterocycles. The maximum absolute atomic E-state index is 12.1. The van der Waals surface area contributed by atoms with Crippen molar-refractivity contribution in [2.45, 2.75) is 33.1 Å². The smallest absolute Gasteiger partial charge is 0.281 e. The van der Waals surface area contributed by atoms with Gasteiger partial charge in [0, 0.05) is 16.1 Å². The van der Waals surface area contributed by atoms with Gasteiger partial charge < -0.3 is 0 Å². The zero-order chi connectivity index (χ0) is 16.3. The summed E-state index contributed by atoms with van der Waals surface area (Å²) in [7, 11) is 0. The Bertz CT molecular complexity index is 696. The number of nitrogens with one attached hydrogen (secondary N) is 2. The first-order chi connectivity index (χ1) is 10.3. The topological polar surface area (TPSA) is 70.1 Å². The molecule has 1 aromatic heterocycles. The van der Waals surface area contributed by atoms with Gasteiger partial charge in [0.05, 0.1) is 5.71 Å². The number of hydrogen-bond donors (Lipinski definition) is 2. The number of benzene rings is 1. The molecular formula is C16H19ClN4O.